The summed E-state index contributed by atoms with van der Waals surface area (Å²) in [6.45, 7) is 2.80. The van der Waals surface area contributed by atoms with Gasteiger partial charge in [-0.25, -0.2) is 4.98 Å². The lowest BCUT2D eigenvalue weighted by molar-refractivity contribution is 0.0741. The molecule has 0 spiro atoms. The van der Waals surface area contributed by atoms with Gasteiger partial charge < -0.3 is 20.6 Å². The van der Waals surface area contributed by atoms with Gasteiger partial charge in [0.1, 0.15) is 11.4 Å². The summed E-state index contributed by atoms with van der Waals surface area (Å²) in [5.74, 6) is 0.192. The van der Waals surface area contributed by atoms with Gasteiger partial charge in [-0.3, -0.25) is 4.79 Å². The Bertz CT molecular complexity index is 647. The van der Waals surface area contributed by atoms with Crippen LogP contribution in [0.15, 0.2) is 42.6 Å². The second-order valence-corrected chi connectivity index (χ2v) is 5.27. The zero-order valence-electron chi connectivity index (χ0n) is 12.1. The SMILES string of the molecule is Nc1ccc(C(=O)N2CCN(c3ccc(O)cc3)CC2)nc1. The number of hydrogen-bond donors (Lipinski definition) is 2. The van der Waals surface area contributed by atoms with E-state index in [1.807, 2.05) is 12.1 Å². The number of nitrogen functional groups attached to an aromatic ring is 1. The van der Waals surface area contributed by atoms with Crippen LogP contribution in [-0.2, 0) is 0 Å². The number of pyridine rings is 1. The van der Waals surface area contributed by atoms with E-state index in [9.17, 15) is 9.90 Å². The van der Waals surface area contributed by atoms with Crippen LogP contribution in [0.3, 0.4) is 0 Å². The molecule has 114 valence electrons. The predicted octanol–water partition coefficient (Wildman–Crippen LogP) is 1.33. The average Bonchev–Trinajstić information content (AvgIpc) is 2.56. The van der Waals surface area contributed by atoms with Crippen LogP contribution in [-0.4, -0.2) is 47.1 Å². The van der Waals surface area contributed by atoms with Crippen molar-refractivity contribution in [3.05, 3.63) is 48.3 Å². The molecule has 1 saturated heterocycles. The first kappa shape index (κ1) is 14.2. The van der Waals surface area contributed by atoms with E-state index in [0.29, 0.717) is 24.5 Å². The standard InChI is InChI=1S/C16H18N4O2/c17-12-1-6-15(18-11-12)16(22)20-9-7-19(8-10-20)13-2-4-14(21)5-3-13/h1-6,11,21H,7-10,17H2. The molecule has 3 N–H and O–H groups in total. The van der Waals surface area contributed by atoms with Crippen LogP contribution < -0.4 is 10.6 Å². The molecule has 0 bridgehead atoms. The number of aromatic nitrogens is 1. The lowest BCUT2D eigenvalue weighted by Gasteiger charge is -2.36. The lowest BCUT2D eigenvalue weighted by Crippen LogP contribution is -2.49. The number of aromatic hydroxyl groups is 1. The number of hydrogen-bond acceptors (Lipinski definition) is 5. The molecule has 1 aromatic heterocycles. The Morgan fingerprint density at radius 3 is 2.32 bits per heavy atom. The highest BCUT2D eigenvalue weighted by Gasteiger charge is 2.22. The third kappa shape index (κ3) is 2.95. The van der Waals surface area contributed by atoms with Gasteiger partial charge >= 0.3 is 0 Å². The molecular weight excluding hydrogens is 280 g/mol. The number of carbonyl (C=O) groups is 1. The second-order valence-electron chi connectivity index (χ2n) is 5.27. The Morgan fingerprint density at radius 1 is 1.05 bits per heavy atom. The monoisotopic (exact) mass is 298 g/mol. The van der Waals surface area contributed by atoms with Gasteiger partial charge in [-0.15, -0.1) is 0 Å². The Morgan fingerprint density at radius 2 is 1.73 bits per heavy atom. The third-order valence-corrected chi connectivity index (χ3v) is 3.79. The quantitative estimate of drug-likeness (QED) is 0.874. The van der Waals surface area contributed by atoms with Gasteiger partial charge in [0, 0.05) is 31.9 Å². The molecule has 0 saturated carbocycles. The fraction of sp³-hybridized carbons (Fsp3) is 0.250. The lowest BCUT2D eigenvalue weighted by atomic mass is 10.2. The summed E-state index contributed by atoms with van der Waals surface area (Å²) in [7, 11) is 0. The number of nitrogens with zero attached hydrogens (tertiary/aromatic N) is 3. The molecule has 0 radical (unpaired) electrons. The number of phenols is 1. The highest BCUT2D eigenvalue weighted by atomic mass is 16.3. The van der Waals surface area contributed by atoms with Crippen LogP contribution >= 0.6 is 0 Å². The maximum Gasteiger partial charge on any atom is 0.272 e. The minimum absolute atomic E-state index is 0.0645. The largest absolute Gasteiger partial charge is 0.508 e. The van der Waals surface area contributed by atoms with Crippen molar-refractivity contribution in [2.75, 3.05) is 36.8 Å². The Hall–Kier alpha value is -2.76. The van der Waals surface area contributed by atoms with E-state index in [0.717, 1.165) is 18.8 Å². The normalized spacial score (nSPS) is 14.9. The summed E-state index contributed by atoms with van der Waals surface area (Å²) in [6, 6.07) is 10.5. The Balaban J connectivity index is 1.62. The van der Waals surface area contributed by atoms with Crippen LogP contribution in [0.25, 0.3) is 0 Å². The summed E-state index contributed by atoms with van der Waals surface area (Å²) in [6.07, 6.45) is 1.50. The molecule has 0 unspecified atom stereocenters. The zero-order chi connectivity index (χ0) is 15.5. The fourth-order valence-corrected chi connectivity index (χ4v) is 2.52. The van der Waals surface area contributed by atoms with E-state index in [-0.39, 0.29) is 11.7 Å². The van der Waals surface area contributed by atoms with E-state index in [1.165, 1.54) is 6.20 Å². The molecule has 1 fully saturated rings. The van der Waals surface area contributed by atoms with Crippen molar-refractivity contribution >= 4 is 17.3 Å². The molecule has 22 heavy (non-hydrogen) atoms. The first-order valence-electron chi connectivity index (χ1n) is 7.18. The first-order valence-corrected chi connectivity index (χ1v) is 7.18. The third-order valence-electron chi connectivity index (χ3n) is 3.79. The van der Waals surface area contributed by atoms with Crippen molar-refractivity contribution in [3.8, 4) is 5.75 Å². The van der Waals surface area contributed by atoms with Gasteiger partial charge in [0.15, 0.2) is 0 Å². The van der Waals surface area contributed by atoms with Crippen molar-refractivity contribution in [1.29, 1.82) is 0 Å². The minimum atomic E-state index is -0.0645. The molecule has 1 aliphatic heterocycles. The van der Waals surface area contributed by atoms with Gasteiger partial charge in [0.05, 0.1) is 11.9 Å². The van der Waals surface area contributed by atoms with Crippen molar-refractivity contribution in [2.45, 2.75) is 0 Å². The van der Waals surface area contributed by atoms with E-state index in [4.69, 9.17) is 5.73 Å². The number of carbonyl (C=O) groups excluding carboxylic acids is 1. The van der Waals surface area contributed by atoms with Gasteiger partial charge in [-0.2, -0.15) is 0 Å². The van der Waals surface area contributed by atoms with Crippen molar-refractivity contribution in [3.63, 3.8) is 0 Å². The van der Waals surface area contributed by atoms with E-state index < -0.39 is 0 Å². The molecule has 3 rings (SSSR count). The Kier molecular flexibility index (Phi) is 3.82. The molecule has 2 aromatic rings. The highest BCUT2D eigenvalue weighted by Crippen LogP contribution is 2.20. The first-order chi connectivity index (χ1) is 10.6. The summed E-state index contributed by atoms with van der Waals surface area (Å²) < 4.78 is 0. The number of amides is 1. The van der Waals surface area contributed by atoms with Crippen molar-refractivity contribution in [1.82, 2.24) is 9.88 Å². The number of nitrogens with two attached hydrogens (primary N) is 1. The van der Waals surface area contributed by atoms with Crippen LogP contribution in [0.4, 0.5) is 11.4 Å². The van der Waals surface area contributed by atoms with E-state index in [1.54, 1.807) is 29.2 Å². The molecule has 0 atom stereocenters. The summed E-state index contributed by atoms with van der Waals surface area (Å²) >= 11 is 0. The van der Waals surface area contributed by atoms with E-state index in [2.05, 4.69) is 9.88 Å². The number of piperazine rings is 1. The summed E-state index contributed by atoms with van der Waals surface area (Å²) in [5, 5.41) is 9.33. The van der Waals surface area contributed by atoms with Crippen molar-refractivity contribution < 1.29 is 9.90 Å². The summed E-state index contributed by atoms with van der Waals surface area (Å²) in [4.78, 5) is 20.4. The number of benzene rings is 1. The minimum Gasteiger partial charge on any atom is -0.508 e. The molecule has 1 aliphatic rings. The van der Waals surface area contributed by atoms with Crippen LogP contribution in [0.2, 0.25) is 0 Å². The molecule has 1 amide bonds. The van der Waals surface area contributed by atoms with Crippen LogP contribution in [0, 0.1) is 0 Å². The predicted molar refractivity (Wildman–Crippen MR) is 84.9 cm³/mol. The average molecular weight is 298 g/mol. The fourth-order valence-electron chi connectivity index (χ4n) is 2.52. The highest BCUT2D eigenvalue weighted by molar-refractivity contribution is 5.92. The zero-order valence-corrected chi connectivity index (χ0v) is 12.1. The maximum absolute atomic E-state index is 12.4. The molecule has 2 heterocycles. The number of phenolic OH excluding ortho intramolecular Hbond substituents is 1. The number of anilines is 2. The number of rotatable bonds is 2. The molecule has 0 aliphatic carbocycles. The van der Waals surface area contributed by atoms with Crippen molar-refractivity contribution in [2.24, 2.45) is 0 Å². The van der Waals surface area contributed by atoms with Gasteiger partial charge in [0.25, 0.3) is 5.91 Å². The smallest absolute Gasteiger partial charge is 0.272 e. The van der Waals surface area contributed by atoms with Gasteiger partial charge in [-0.05, 0) is 36.4 Å². The Labute approximate surface area is 128 Å². The van der Waals surface area contributed by atoms with Crippen LogP contribution in [0.5, 0.6) is 5.75 Å². The molecule has 1 aromatic carbocycles. The second kappa shape index (κ2) is 5.93. The molecule has 6 nitrogen and oxygen atoms in total. The van der Waals surface area contributed by atoms with E-state index >= 15 is 0 Å². The molecule has 6 heteroatoms. The summed E-state index contributed by atoms with van der Waals surface area (Å²) in [5.41, 5.74) is 7.61. The topological polar surface area (TPSA) is 82.7 Å². The van der Waals surface area contributed by atoms with Gasteiger partial charge in [0.2, 0.25) is 0 Å². The van der Waals surface area contributed by atoms with Crippen LogP contribution in [0.1, 0.15) is 10.5 Å². The molecular formula is C16H18N4O2. The maximum atomic E-state index is 12.4. The van der Waals surface area contributed by atoms with Gasteiger partial charge in [-0.1, -0.05) is 0 Å².